The molecular formula is C27H30N4O3S2. The quantitative estimate of drug-likeness (QED) is 0.282. The van der Waals surface area contributed by atoms with E-state index in [9.17, 15) is 13.2 Å². The van der Waals surface area contributed by atoms with Gasteiger partial charge < -0.3 is 0 Å². The number of benzene rings is 2. The monoisotopic (exact) mass is 522 g/mol. The van der Waals surface area contributed by atoms with Crippen LogP contribution in [0, 0.1) is 0 Å². The van der Waals surface area contributed by atoms with E-state index in [0.717, 1.165) is 21.5 Å². The summed E-state index contributed by atoms with van der Waals surface area (Å²) in [7, 11) is -3.61. The molecule has 0 aliphatic carbocycles. The molecule has 0 aliphatic heterocycles. The second kappa shape index (κ2) is 10.9. The molecule has 0 N–H and O–H groups in total. The van der Waals surface area contributed by atoms with Gasteiger partial charge in [0, 0.05) is 24.8 Å². The van der Waals surface area contributed by atoms with Crippen molar-refractivity contribution in [1.82, 2.24) is 14.3 Å². The second-order valence-electron chi connectivity index (χ2n) is 8.67. The highest BCUT2D eigenvalue weighted by Gasteiger charge is 2.25. The molecule has 0 saturated heterocycles. The predicted octanol–water partition coefficient (Wildman–Crippen LogP) is 5.69. The lowest BCUT2D eigenvalue weighted by Crippen LogP contribution is -2.31. The van der Waals surface area contributed by atoms with Crippen LogP contribution in [0.5, 0.6) is 0 Å². The van der Waals surface area contributed by atoms with Crippen molar-refractivity contribution in [3.05, 3.63) is 83.7 Å². The standard InChI is InChI=1S/C27H30N4O3S2/c1-5-30(6-2)36(33,34)22-15-13-20(14-16-22)26(32)31(18-21-10-7-8-17-28-21)27-29-25-23(19(3)4)11-9-12-24(25)35-27/h7-17,19H,5-6,18H2,1-4H3. The van der Waals surface area contributed by atoms with E-state index < -0.39 is 10.0 Å². The number of rotatable bonds is 9. The van der Waals surface area contributed by atoms with Crippen LogP contribution in [-0.4, -0.2) is 41.7 Å². The zero-order valence-electron chi connectivity index (χ0n) is 20.9. The Morgan fingerprint density at radius 2 is 1.69 bits per heavy atom. The first-order valence-electron chi connectivity index (χ1n) is 12.0. The zero-order chi connectivity index (χ0) is 25.9. The molecule has 9 heteroatoms. The summed E-state index contributed by atoms with van der Waals surface area (Å²) in [5.41, 5.74) is 3.14. The number of fused-ring (bicyclic) bond motifs is 1. The third-order valence-corrected chi connectivity index (χ3v) is 9.14. The van der Waals surface area contributed by atoms with Gasteiger partial charge in [0.15, 0.2) is 5.13 Å². The highest BCUT2D eigenvalue weighted by Crippen LogP contribution is 2.34. The lowest BCUT2D eigenvalue weighted by molar-refractivity contribution is 0.0984. The van der Waals surface area contributed by atoms with Gasteiger partial charge in [-0.05, 0) is 53.9 Å². The maximum absolute atomic E-state index is 13.8. The van der Waals surface area contributed by atoms with E-state index in [-0.39, 0.29) is 17.3 Å². The van der Waals surface area contributed by atoms with Crippen LogP contribution in [0.2, 0.25) is 0 Å². The molecule has 0 radical (unpaired) electrons. The summed E-state index contributed by atoms with van der Waals surface area (Å²) in [4.78, 5) is 24.8. The lowest BCUT2D eigenvalue weighted by Gasteiger charge is -2.21. The van der Waals surface area contributed by atoms with Crippen molar-refractivity contribution in [3.63, 3.8) is 0 Å². The minimum absolute atomic E-state index is 0.167. The third kappa shape index (κ3) is 5.18. The van der Waals surface area contributed by atoms with E-state index >= 15 is 0 Å². The number of thiazole rings is 1. The molecular weight excluding hydrogens is 492 g/mol. The molecule has 0 bridgehead atoms. The van der Waals surface area contributed by atoms with E-state index in [1.54, 1.807) is 37.1 Å². The summed E-state index contributed by atoms with van der Waals surface area (Å²) in [6.45, 7) is 8.86. The Balaban J connectivity index is 1.73. The number of sulfonamides is 1. The fraction of sp³-hybridized carbons (Fsp3) is 0.296. The first-order chi connectivity index (χ1) is 17.3. The van der Waals surface area contributed by atoms with E-state index in [0.29, 0.717) is 29.7 Å². The van der Waals surface area contributed by atoms with Crippen molar-refractivity contribution in [2.75, 3.05) is 18.0 Å². The Morgan fingerprint density at radius 1 is 0.972 bits per heavy atom. The average molecular weight is 523 g/mol. The summed E-state index contributed by atoms with van der Waals surface area (Å²) in [5.74, 6) is 0.0292. The molecule has 0 unspecified atom stereocenters. The SMILES string of the molecule is CCN(CC)S(=O)(=O)c1ccc(C(=O)N(Cc2ccccn2)c2nc3c(C(C)C)cccc3s2)cc1. The minimum atomic E-state index is -3.61. The Hall–Kier alpha value is -3.14. The van der Waals surface area contributed by atoms with Crippen molar-refractivity contribution >= 4 is 42.6 Å². The number of hydrogen-bond acceptors (Lipinski definition) is 6. The van der Waals surface area contributed by atoms with Crippen molar-refractivity contribution in [1.29, 1.82) is 0 Å². The number of aromatic nitrogens is 2. The molecule has 1 amide bonds. The van der Waals surface area contributed by atoms with Gasteiger partial charge in [-0.1, -0.05) is 57.2 Å². The third-order valence-electron chi connectivity index (χ3n) is 6.03. The number of nitrogens with zero attached hydrogens (tertiary/aromatic N) is 4. The van der Waals surface area contributed by atoms with Crippen molar-refractivity contribution in [2.45, 2.75) is 45.1 Å². The topological polar surface area (TPSA) is 83.5 Å². The van der Waals surface area contributed by atoms with Gasteiger partial charge in [0.05, 0.1) is 27.4 Å². The van der Waals surface area contributed by atoms with Crippen molar-refractivity contribution in [2.24, 2.45) is 0 Å². The molecule has 36 heavy (non-hydrogen) atoms. The summed E-state index contributed by atoms with van der Waals surface area (Å²) in [6, 6.07) is 17.8. The van der Waals surface area contributed by atoms with Crippen LogP contribution in [0.25, 0.3) is 10.2 Å². The van der Waals surface area contributed by atoms with Crippen LogP contribution in [0.3, 0.4) is 0 Å². The van der Waals surface area contributed by atoms with Crippen LogP contribution in [0.1, 0.15) is 55.2 Å². The largest absolute Gasteiger partial charge is 0.278 e. The van der Waals surface area contributed by atoms with Gasteiger partial charge in [0.1, 0.15) is 0 Å². The summed E-state index contributed by atoms with van der Waals surface area (Å²) >= 11 is 1.46. The van der Waals surface area contributed by atoms with E-state index in [1.807, 2.05) is 30.3 Å². The normalized spacial score (nSPS) is 11.9. The average Bonchev–Trinajstić information content (AvgIpc) is 3.32. The van der Waals surface area contributed by atoms with Gasteiger partial charge in [-0.15, -0.1) is 0 Å². The van der Waals surface area contributed by atoms with E-state index in [2.05, 4.69) is 24.9 Å². The van der Waals surface area contributed by atoms with E-state index in [4.69, 9.17) is 4.98 Å². The molecule has 4 rings (SSSR count). The summed E-state index contributed by atoms with van der Waals surface area (Å²) in [6.07, 6.45) is 1.69. The summed E-state index contributed by atoms with van der Waals surface area (Å²) in [5, 5.41) is 0.577. The van der Waals surface area contributed by atoms with Crippen molar-refractivity contribution < 1.29 is 13.2 Å². The Kier molecular flexibility index (Phi) is 7.82. The number of para-hydroxylation sites is 1. The van der Waals surface area contributed by atoms with Gasteiger partial charge in [-0.2, -0.15) is 4.31 Å². The number of amides is 1. The Bertz CT molecular complexity index is 1450. The summed E-state index contributed by atoms with van der Waals surface area (Å²) < 4.78 is 28.1. The van der Waals surface area contributed by atoms with Crippen LogP contribution in [0.15, 0.2) is 71.8 Å². The molecule has 188 valence electrons. The number of hydrogen-bond donors (Lipinski definition) is 0. The molecule has 2 aromatic heterocycles. The number of anilines is 1. The van der Waals surface area contributed by atoms with Gasteiger partial charge in [0.2, 0.25) is 10.0 Å². The maximum Gasteiger partial charge on any atom is 0.260 e. The van der Waals surface area contributed by atoms with Gasteiger partial charge >= 0.3 is 0 Å². The molecule has 7 nitrogen and oxygen atoms in total. The van der Waals surface area contributed by atoms with Crippen LogP contribution >= 0.6 is 11.3 Å². The van der Waals surface area contributed by atoms with Crippen LogP contribution in [0.4, 0.5) is 5.13 Å². The molecule has 0 aliphatic rings. The zero-order valence-corrected chi connectivity index (χ0v) is 22.5. The number of carbonyl (C=O) groups is 1. The fourth-order valence-electron chi connectivity index (χ4n) is 4.06. The number of pyridine rings is 1. The molecule has 4 aromatic rings. The molecule has 0 atom stereocenters. The second-order valence-corrected chi connectivity index (χ2v) is 11.6. The fourth-order valence-corrected chi connectivity index (χ4v) is 6.51. The van der Waals surface area contributed by atoms with E-state index in [1.165, 1.54) is 27.8 Å². The van der Waals surface area contributed by atoms with Crippen LogP contribution < -0.4 is 4.90 Å². The first-order valence-corrected chi connectivity index (χ1v) is 14.2. The lowest BCUT2D eigenvalue weighted by atomic mass is 10.0. The van der Waals surface area contributed by atoms with Crippen LogP contribution in [-0.2, 0) is 16.6 Å². The van der Waals surface area contributed by atoms with Gasteiger partial charge in [-0.3, -0.25) is 14.7 Å². The molecule has 0 spiro atoms. The smallest absolute Gasteiger partial charge is 0.260 e. The first kappa shape index (κ1) is 25.9. The number of carbonyl (C=O) groups excluding carboxylic acids is 1. The highest BCUT2D eigenvalue weighted by atomic mass is 32.2. The highest BCUT2D eigenvalue weighted by molar-refractivity contribution is 7.89. The van der Waals surface area contributed by atoms with Crippen molar-refractivity contribution in [3.8, 4) is 0 Å². The molecule has 0 fully saturated rings. The molecule has 0 saturated carbocycles. The Labute approximate surface area is 216 Å². The Morgan fingerprint density at radius 3 is 2.31 bits per heavy atom. The van der Waals surface area contributed by atoms with Gasteiger partial charge in [0.25, 0.3) is 5.91 Å². The molecule has 2 aromatic carbocycles. The van der Waals surface area contributed by atoms with Gasteiger partial charge in [-0.25, -0.2) is 13.4 Å². The molecule has 2 heterocycles. The maximum atomic E-state index is 13.8. The predicted molar refractivity (Wildman–Crippen MR) is 145 cm³/mol. The minimum Gasteiger partial charge on any atom is -0.278 e.